The van der Waals surface area contributed by atoms with Gasteiger partial charge in [0.05, 0.1) is 12.7 Å². The molecule has 5 heteroatoms. The van der Waals surface area contributed by atoms with E-state index >= 15 is 0 Å². The maximum Gasteiger partial charge on any atom is 0.123 e. The van der Waals surface area contributed by atoms with Crippen LogP contribution in [-0.2, 0) is 4.74 Å². The summed E-state index contributed by atoms with van der Waals surface area (Å²) < 4.78 is 17.7. The van der Waals surface area contributed by atoms with Gasteiger partial charge in [0.1, 0.15) is 5.82 Å². The number of halogens is 1. The van der Waals surface area contributed by atoms with Crippen LogP contribution in [-0.4, -0.2) is 50.0 Å². The van der Waals surface area contributed by atoms with Crippen molar-refractivity contribution in [2.45, 2.75) is 12.1 Å². The molecule has 0 aliphatic carbocycles. The predicted molar refractivity (Wildman–Crippen MR) is 68.7 cm³/mol. The number of ether oxygens (including phenoxy) is 1. The van der Waals surface area contributed by atoms with E-state index in [4.69, 9.17) is 10.5 Å². The molecule has 0 heterocycles. The lowest BCUT2D eigenvalue weighted by Crippen LogP contribution is -2.37. The zero-order chi connectivity index (χ0) is 13.5. The topological polar surface area (TPSA) is 58.7 Å². The van der Waals surface area contributed by atoms with Crippen molar-refractivity contribution >= 4 is 0 Å². The second kappa shape index (κ2) is 7.43. The van der Waals surface area contributed by atoms with Crippen LogP contribution in [0.3, 0.4) is 0 Å². The molecule has 0 aliphatic rings. The van der Waals surface area contributed by atoms with E-state index in [9.17, 15) is 9.50 Å². The van der Waals surface area contributed by atoms with Crippen molar-refractivity contribution in [1.82, 2.24) is 4.90 Å². The fraction of sp³-hybridized carbons (Fsp3) is 0.538. The van der Waals surface area contributed by atoms with Gasteiger partial charge in [0.25, 0.3) is 0 Å². The Kier molecular flexibility index (Phi) is 6.21. The van der Waals surface area contributed by atoms with Gasteiger partial charge < -0.3 is 15.6 Å². The third-order valence-corrected chi connectivity index (χ3v) is 2.87. The van der Waals surface area contributed by atoms with Crippen LogP contribution in [0.25, 0.3) is 0 Å². The summed E-state index contributed by atoms with van der Waals surface area (Å²) in [5.74, 6) is -0.267. The van der Waals surface area contributed by atoms with E-state index in [1.807, 2.05) is 11.9 Å². The third-order valence-electron chi connectivity index (χ3n) is 2.87. The molecule has 0 radical (unpaired) electrons. The van der Waals surface area contributed by atoms with Crippen molar-refractivity contribution in [2.24, 2.45) is 5.73 Å². The molecule has 0 spiro atoms. The van der Waals surface area contributed by atoms with Crippen molar-refractivity contribution in [2.75, 3.05) is 33.9 Å². The van der Waals surface area contributed by atoms with E-state index in [2.05, 4.69) is 0 Å². The molecule has 1 rings (SSSR count). The summed E-state index contributed by atoms with van der Waals surface area (Å²) in [5.41, 5.74) is 6.68. The van der Waals surface area contributed by atoms with E-state index in [0.717, 1.165) is 5.56 Å². The van der Waals surface area contributed by atoms with Crippen LogP contribution in [0.5, 0.6) is 0 Å². The molecule has 4 nitrogen and oxygen atoms in total. The molecule has 0 saturated carbocycles. The van der Waals surface area contributed by atoms with Gasteiger partial charge in [0.15, 0.2) is 0 Å². The van der Waals surface area contributed by atoms with E-state index in [-0.39, 0.29) is 18.5 Å². The molecule has 18 heavy (non-hydrogen) atoms. The number of nitrogens with two attached hydrogens (primary N) is 1. The van der Waals surface area contributed by atoms with Crippen molar-refractivity contribution in [1.29, 1.82) is 0 Å². The summed E-state index contributed by atoms with van der Waals surface area (Å²) in [6.07, 6.45) is -0.561. The maximum absolute atomic E-state index is 12.9. The molecule has 0 fully saturated rings. The first-order valence-corrected chi connectivity index (χ1v) is 5.91. The van der Waals surface area contributed by atoms with Gasteiger partial charge in [-0.05, 0) is 24.7 Å². The van der Waals surface area contributed by atoms with Crippen LogP contribution in [0, 0.1) is 5.82 Å². The summed E-state index contributed by atoms with van der Waals surface area (Å²) in [6, 6.07) is 6.21. The molecule has 0 bridgehead atoms. The van der Waals surface area contributed by atoms with Crippen molar-refractivity contribution in [3.63, 3.8) is 0 Å². The Labute approximate surface area is 107 Å². The Morgan fingerprint density at radius 2 is 2.00 bits per heavy atom. The van der Waals surface area contributed by atoms with Crippen LogP contribution in [0.2, 0.25) is 0 Å². The van der Waals surface area contributed by atoms with Gasteiger partial charge in [-0.15, -0.1) is 0 Å². The Balaban J connectivity index is 2.67. The maximum atomic E-state index is 12.9. The first-order valence-electron chi connectivity index (χ1n) is 5.91. The number of hydrogen-bond donors (Lipinski definition) is 2. The lowest BCUT2D eigenvalue weighted by molar-refractivity contribution is 0.0348. The molecule has 0 amide bonds. The number of likely N-dealkylation sites (N-methyl/N-ethyl adjacent to an activating group) is 1. The zero-order valence-corrected chi connectivity index (χ0v) is 10.8. The predicted octanol–water partition coefficient (Wildman–Crippen LogP) is 0.765. The van der Waals surface area contributed by atoms with Crippen LogP contribution < -0.4 is 5.73 Å². The molecular formula is C13H21FN2O2. The highest BCUT2D eigenvalue weighted by atomic mass is 19.1. The minimum absolute atomic E-state index is 0.0443. The Morgan fingerprint density at radius 1 is 1.39 bits per heavy atom. The average Bonchev–Trinajstić information content (AvgIpc) is 2.32. The highest BCUT2D eigenvalue weighted by Gasteiger charge is 2.18. The minimum Gasteiger partial charge on any atom is -0.389 e. The number of aliphatic hydroxyl groups is 1. The number of hydrogen-bond acceptors (Lipinski definition) is 4. The molecule has 102 valence electrons. The molecule has 1 aromatic rings. The molecule has 2 unspecified atom stereocenters. The van der Waals surface area contributed by atoms with E-state index in [0.29, 0.717) is 13.1 Å². The van der Waals surface area contributed by atoms with E-state index < -0.39 is 6.10 Å². The van der Waals surface area contributed by atoms with Crippen LogP contribution in [0.4, 0.5) is 4.39 Å². The number of aliphatic hydroxyl groups excluding tert-OH is 1. The monoisotopic (exact) mass is 256 g/mol. The van der Waals surface area contributed by atoms with Crippen molar-refractivity contribution in [3.8, 4) is 0 Å². The summed E-state index contributed by atoms with van der Waals surface area (Å²) in [7, 11) is 3.42. The van der Waals surface area contributed by atoms with Crippen molar-refractivity contribution in [3.05, 3.63) is 35.6 Å². The lowest BCUT2D eigenvalue weighted by Gasteiger charge is -2.29. The normalized spacial score (nSPS) is 14.8. The molecule has 0 aromatic heterocycles. The van der Waals surface area contributed by atoms with E-state index in [1.165, 1.54) is 12.1 Å². The quantitative estimate of drug-likeness (QED) is 0.756. The fourth-order valence-electron chi connectivity index (χ4n) is 1.96. The average molecular weight is 256 g/mol. The molecule has 0 aliphatic heterocycles. The lowest BCUT2D eigenvalue weighted by atomic mass is 10.1. The summed E-state index contributed by atoms with van der Waals surface area (Å²) in [6.45, 7) is 1.14. The Bertz CT molecular complexity index is 345. The summed E-state index contributed by atoms with van der Waals surface area (Å²) in [4.78, 5) is 1.94. The number of benzene rings is 1. The standard InChI is InChI=1S/C13H21FN2O2/c1-16(8-12(17)9-18-2)13(7-15)10-3-5-11(14)6-4-10/h3-6,12-13,17H,7-9,15H2,1-2H3. The number of methoxy groups -OCH3 is 1. The number of nitrogens with zero attached hydrogens (tertiary/aromatic N) is 1. The van der Waals surface area contributed by atoms with Gasteiger partial charge >= 0.3 is 0 Å². The molecule has 3 N–H and O–H groups in total. The highest BCUT2D eigenvalue weighted by Crippen LogP contribution is 2.18. The Morgan fingerprint density at radius 3 is 2.50 bits per heavy atom. The Hall–Kier alpha value is -1.01. The first kappa shape index (κ1) is 15.0. The zero-order valence-electron chi connectivity index (χ0n) is 10.8. The van der Waals surface area contributed by atoms with Crippen LogP contribution in [0.1, 0.15) is 11.6 Å². The fourth-order valence-corrected chi connectivity index (χ4v) is 1.96. The SMILES string of the molecule is COCC(O)CN(C)C(CN)c1ccc(F)cc1. The van der Waals surface area contributed by atoms with Gasteiger partial charge in [0, 0.05) is 26.2 Å². The van der Waals surface area contributed by atoms with Gasteiger partial charge in [-0.2, -0.15) is 0 Å². The molecule has 1 aromatic carbocycles. The smallest absolute Gasteiger partial charge is 0.123 e. The van der Waals surface area contributed by atoms with Crippen LogP contribution >= 0.6 is 0 Å². The molecular weight excluding hydrogens is 235 g/mol. The third kappa shape index (κ3) is 4.34. The van der Waals surface area contributed by atoms with Gasteiger partial charge in [-0.1, -0.05) is 12.1 Å². The highest BCUT2D eigenvalue weighted by molar-refractivity contribution is 5.20. The molecule has 2 atom stereocenters. The second-order valence-electron chi connectivity index (χ2n) is 4.35. The summed E-state index contributed by atoms with van der Waals surface area (Å²) >= 11 is 0. The first-order chi connectivity index (χ1) is 8.58. The second-order valence-corrected chi connectivity index (χ2v) is 4.35. The van der Waals surface area contributed by atoms with E-state index in [1.54, 1.807) is 19.2 Å². The van der Waals surface area contributed by atoms with Crippen molar-refractivity contribution < 1.29 is 14.2 Å². The van der Waals surface area contributed by atoms with Crippen LogP contribution in [0.15, 0.2) is 24.3 Å². The summed E-state index contributed by atoms with van der Waals surface area (Å²) in [5, 5.41) is 9.69. The van der Waals surface area contributed by atoms with Gasteiger partial charge in [-0.25, -0.2) is 4.39 Å². The number of rotatable bonds is 7. The molecule has 0 saturated heterocycles. The van der Waals surface area contributed by atoms with Gasteiger partial charge in [-0.3, -0.25) is 4.90 Å². The minimum atomic E-state index is -0.561. The largest absolute Gasteiger partial charge is 0.389 e. The van der Waals surface area contributed by atoms with Gasteiger partial charge in [0.2, 0.25) is 0 Å².